The van der Waals surface area contributed by atoms with Crippen LogP contribution in [-0.4, -0.2) is 57.1 Å². The Morgan fingerprint density at radius 3 is 2.21 bits per heavy atom. The molecule has 0 spiro atoms. The summed E-state index contributed by atoms with van der Waals surface area (Å²) in [6.07, 6.45) is 2.94. The first-order valence-corrected chi connectivity index (χ1v) is 16.4. The van der Waals surface area contributed by atoms with E-state index in [2.05, 4.69) is 5.32 Å². The van der Waals surface area contributed by atoms with Crippen molar-refractivity contribution in [2.75, 3.05) is 30.3 Å². The summed E-state index contributed by atoms with van der Waals surface area (Å²) < 4.78 is 32.4. The van der Waals surface area contributed by atoms with E-state index in [4.69, 9.17) is 27.9 Å². The molecule has 42 heavy (non-hydrogen) atoms. The molecule has 3 aromatic carbocycles. The molecule has 3 rings (SSSR count). The summed E-state index contributed by atoms with van der Waals surface area (Å²) in [5, 5.41) is 3.62. The first-order valence-electron chi connectivity index (χ1n) is 13.8. The lowest BCUT2D eigenvalue weighted by Crippen LogP contribution is -2.53. The van der Waals surface area contributed by atoms with Gasteiger partial charge in [0.25, 0.3) is 0 Å². The second kappa shape index (κ2) is 15.8. The summed E-state index contributed by atoms with van der Waals surface area (Å²) in [7, 11) is -3.87. The van der Waals surface area contributed by atoms with Gasteiger partial charge >= 0.3 is 0 Å². The molecule has 8 nitrogen and oxygen atoms in total. The third kappa shape index (κ3) is 9.64. The molecule has 1 atom stereocenters. The van der Waals surface area contributed by atoms with Crippen molar-refractivity contribution in [1.82, 2.24) is 10.2 Å². The third-order valence-corrected chi connectivity index (χ3v) is 8.43. The van der Waals surface area contributed by atoms with Crippen molar-refractivity contribution in [2.24, 2.45) is 0 Å². The number of benzene rings is 3. The smallest absolute Gasteiger partial charge is 0.244 e. The van der Waals surface area contributed by atoms with Crippen LogP contribution in [-0.2, 0) is 32.6 Å². The number of halogens is 2. The van der Waals surface area contributed by atoms with E-state index in [1.165, 1.54) is 4.90 Å². The van der Waals surface area contributed by atoms with Crippen molar-refractivity contribution in [3.8, 4) is 5.75 Å². The Labute approximate surface area is 258 Å². The molecule has 0 aliphatic rings. The number of rotatable bonds is 15. The Hall–Kier alpha value is -3.27. The maximum atomic E-state index is 14.1. The number of hydrogen-bond acceptors (Lipinski definition) is 5. The third-order valence-electron chi connectivity index (χ3n) is 6.55. The molecular formula is C31H37Cl2N3O5S. The maximum Gasteiger partial charge on any atom is 0.244 e. The predicted octanol–water partition coefficient (Wildman–Crippen LogP) is 5.71. The second-order valence-electron chi connectivity index (χ2n) is 9.82. The first kappa shape index (κ1) is 33.2. The average Bonchev–Trinajstić information content (AvgIpc) is 2.96. The first-order chi connectivity index (χ1) is 20.0. The van der Waals surface area contributed by atoms with Gasteiger partial charge in [0.2, 0.25) is 21.8 Å². The van der Waals surface area contributed by atoms with Gasteiger partial charge in [-0.3, -0.25) is 13.9 Å². The van der Waals surface area contributed by atoms with Crippen LogP contribution in [0.4, 0.5) is 5.69 Å². The Kier molecular flexibility index (Phi) is 12.5. The summed E-state index contributed by atoms with van der Waals surface area (Å²) in [6, 6.07) is 19.9. The Morgan fingerprint density at radius 1 is 0.929 bits per heavy atom. The van der Waals surface area contributed by atoms with Gasteiger partial charge in [-0.1, -0.05) is 72.9 Å². The van der Waals surface area contributed by atoms with Gasteiger partial charge in [0, 0.05) is 19.5 Å². The minimum atomic E-state index is -3.87. The van der Waals surface area contributed by atoms with Gasteiger partial charge < -0.3 is 15.0 Å². The lowest BCUT2D eigenvalue weighted by atomic mass is 10.0. The van der Waals surface area contributed by atoms with Crippen LogP contribution in [0, 0.1) is 0 Å². The highest BCUT2D eigenvalue weighted by molar-refractivity contribution is 7.92. The van der Waals surface area contributed by atoms with Crippen molar-refractivity contribution in [2.45, 2.75) is 45.7 Å². The van der Waals surface area contributed by atoms with E-state index < -0.39 is 28.5 Å². The van der Waals surface area contributed by atoms with Gasteiger partial charge in [0.1, 0.15) is 18.3 Å². The molecule has 11 heteroatoms. The highest BCUT2D eigenvalue weighted by Crippen LogP contribution is 2.26. The number of ether oxygens (including phenoxy) is 1. The zero-order chi connectivity index (χ0) is 30.7. The van der Waals surface area contributed by atoms with Gasteiger partial charge in [0.05, 0.1) is 28.6 Å². The van der Waals surface area contributed by atoms with Crippen LogP contribution in [0.2, 0.25) is 10.0 Å². The number of amides is 2. The Balaban J connectivity index is 2.03. The van der Waals surface area contributed by atoms with Crippen LogP contribution in [0.15, 0.2) is 72.8 Å². The fraction of sp³-hybridized carbons (Fsp3) is 0.355. The highest BCUT2D eigenvalue weighted by Gasteiger charge is 2.33. The topological polar surface area (TPSA) is 96.0 Å². The van der Waals surface area contributed by atoms with E-state index in [1.54, 1.807) is 42.5 Å². The number of sulfonamides is 1. The molecule has 0 bridgehead atoms. The molecule has 0 aromatic heterocycles. The fourth-order valence-corrected chi connectivity index (χ4v) is 5.55. The van der Waals surface area contributed by atoms with Gasteiger partial charge in [-0.05, 0) is 60.9 Å². The molecular weight excluding hydrogens is 597 g/mol. The number of carbonyl (C=O) groups is 2. The molecule has 226 valence electrons. The summed E-state index contributed by atoms with van der Waals surface area (Å²) >= 11 is 12.4. The minimum Gasteiger partial charge on any atom is -0.494 e. The number of anilines is 1. The molecule has 0 radical (unpaired) electrons. The van der Waals surface area contributed by atoms with E-state index in [0.29, 0.717) is 40.2 Å². The molecule has 0 fully saturated rings. The van der Waals surface area contributed by atoms with E-state index in [-0.39, 0.29) is 18.9 Å². The van der Waals surface area contributed by atoms with Crippen molar-refractivity contribution in [1.29, 1.82) is 0 Å². The molecule has 0 heterocycles. The van der Waals surface area contributed by atoms with Crippen LogP contribution in [0.25, 0.3) is 0 Å². The minimum absolute atomic E-state index is 0.00923. The van der Waals surface area contributed by atoms with Crippen LogP contribution in [0.1, 0.15) is 37.8 Å². The fourth-order valence-electron chi connectivity index (χ4n) is 4.38. The normalized spacial score (nSPS) is 11.9. The number of hydrogen-bond donors (Lipinski definition) is 1. The van der Waals surface area contributed by atoms with Crippen molar-refractivity contribution in [3.63, 3.8) is 0 Å². The van der Waals surface area contributed by atoms with E-state index in [1.807, 2.05) is 44.2 Å². The summed E-state index contributed by atoms with van der Waals surface area (Å²) in [5.41, 5.74) is 1.80. The van der Waals surface area contributed by atoms with E-state index in [9.17, 15) is 18.0 Å². The van der Waals surface area contributed by atoms with Crippen LogP contribution in [0.3, 0.4) is 0 Å². The summed E-state index contributed by atoms with van der Waals surface area (Å²) in [4.78, 5) is 29.2. The van der Waals surface area contributed by atoms with Gasteiger partial charge in [0.15, 0.2) is 0 Å². The number of nitrogens with one attached hydrogen (secondary N) is 1. The Bertz CT molecular complexity index is 1440. The zero-order valence-electron chi connectivity index (χ0n) is 24.1. The van der Waals surface area contributed by atoms with Crippen LogP contribution >= 0.6 is 23.2 Å². The van der Waals surface area contributed by atoms with E-state index >= 15 is 0 Å². The largest absolute Gasteiger partial charge is 0.494 e. The van der Waals surface area contributed by atoms with Gasteiger partial charge in [-0.25, -0.2) is 8.42 Å². The monoisotopic (exact) mass is 633 g/mol. The average molecular weight is 635 g/mol. The molecule has 1 N–H and O–H groups in total. The van der Waals surface area contributed by atoms with Crippen LogP contribution < -0.4 is 14.4 Å². The number of nitrogens with zero attached hydrogens (tertiary/aromatic N) is 2. The molecule has 0 aliphatic carbocycles. The summed E-state index contributed by atoms with van der Waals surface area (Å²) in [6.45, 7) is 4.28. The SMILES string of the molecule is CCCCNC(=O)C(Cc1ccccc1)N(Cc1ccc(Cl)c(Cl)c1)C(=O)CN(c1ccc(OCC)cc1)S(C)(=O)=O. The molecule has 2 amide bonds. The Morgan fingerprint density at radius 2 is 1.62 bits per heavy atom. The number of carbonyl (C=O) groups excluding carboxylic acids is 2. The predicted molar refractivity (Wildman–Crippen MR) is 169 cm³/mol. The molecule has 1 unspecified atom stereocenters. The molecule has 0 saturated heterocycles. The molecule has 3 aromatic rings. The highest BCUT2D eigenvalue weighted by atomic mass is 35.5. The van der Waals surface area contributed by atoms with Crippen molar-refractivity contribution in [3.05, 3.63) is 94.0 Å². The summed E-state index contributed by atoms with van der Waals surface area (Å²) in [5.74, 6) is -0.298. The molecule has 0 aliphatic heterocycles. The maximum absolute atomic E-state index is 14.1. The van der Waals surface area contributed by atoms with Crippen LogP contribution in [0.5, 0.6) is 5.75 Å². The van der Waals surface area contributed by atoms with Crippen molar-refractivity contribution < 1.29 is 22.7 Å². The van der Waals surface area contributed by atoms with E-state index in [0.717, 1.165) is 29.0 Å². The van der Waals surface area contributed by atoms with Crippen molar-refractivity contribution >= 4 is 50.7 Å². The second-order valence-corrected chi connectivity index (χ2v) is 12.5. The number of unbranched alkanes of at least 4 members (excludes halogenated alkanes) is 1. The molecule has 0 saturated carbocycles. The lowest BCUT2D eigenvalue weighted by molar-refractivity contribution is -0.140. The quantitative estimate of drug-likeness (QED) is 0.216. The van der Waals surface area contributed by atoms with Gasteiger partial charge in [-0.15, -0.1) is 0 Å². The lowest BCUT2D eigenvalue weighted by Gasteiger charge is -2.33. The van der Waals surface area contributed by atoms with Gasteiger partial charge in [-0.2, -0.15) is 0 Å². The standard InChI is InChI=1S/C31H37Cl2N3O5S/c1-4-6-18-34-31(38)29(20-23-10-8-7-9-11-23)35(21-24-12-17-27(32)28(33)19-24)30(37)22-36(42(3,39)40)25-13-15-26(16-14-25)41-5-2/h7-17,19,29H,4-6,18,20-22H2,1-3H3,(H,34,38). The zero-order valence-corrected chi connectivity index (χ0v) is 26.4.